The number of amides is 2. The number of alkyl halides is 2. The average Bonchev–Trinajstić information content (AvgIpc) is 3.67. The molecule has 41 heavy (non-hydrogen) atoms. The predicted molar refractivity (Wildman–Crippen MR) is 138 cm³/mol. The van der Waals surface area contributed by atoms with Crippen molar-refractivity contribution in [3.63, 3.8) is 0 Å². The molecule has 0 aliphatic heterocycles. The molecule has 12 heteroatoms. The van der Waals surface area contributed by atoms with Gasteiger partial charge in [-0.25, -0.2) is 22.0 Å². The summed E-state index contributed by atoms with van der Waals surface area (Å²) in [7, 11) is 0. The van der Waals surface area contributed by atoms with Gasteiger partial charge in [0.05, 0.1) is 17.3 Å². The maximum Gasteiger partial charge on any atom is 0.282 e. The van der Waals surface area contributed by atoms with E-state index in [-0.39, 0.29) is 35.7 Å². The van der Waals surface area contributed by atoms with Crippen molar-refractivity contribution in [3.8, 4) is 11.1 Å². The Hall–Kier alpha value is -4.61. The first-order valence-electron chi connectivity index (χ1n) is 12.7. The topological polar surface area (TPSA) is 103 Å². The van der Waals surface area contributed by atoms with Crippen LogP contribution in [0.5, 0.6) is 0 Å². The number of hydrogen-bond acceptors (Lipinski definition) is 4. The average molecular weight is 570 g/mol. The highest BCUT2D eigenvalue weighted by Crippen LogP contribution is 2.41. The quantitative estimate of drug-likeness (QED) is 0.251. The second-order valence-corrected chi connectivity index (χ2v) is 9.82. The number of pyridine rings is 1. The monoisotopic (exact) mass is 569 g/mol. The largest absolute Gasteiger partial charge is 0.366 e. The van der Waals surface area contributed by atoms with Crippen LogP contribution < -0.4 is 11.1 Å². The van der Waals surface area contributed by atoms with E-state index in [0.29, 0.717) is 22.9 Å². The van der Waals surface area contributed by atoms with Gasteiger partial charge in [0.15, 0.2) is 0 Å². The number of aromatic nitrogens is 3. The minimum atomic E-state index is -2.80. The smallest absolute Gasteiger partial charge is 0.282 e. The van der Waals surface area contributed by atoms with Crippen LogP contribution in [0.4, 0.5) is 22.0 Å². The molecule has 1 atom stereocenters. The third-order valence-electron chi connectivity index (χ3n) is 6.75. The van der Waals surface area contributed by atoms with Gasteiger partial charge in [-0.3, -0.25) is 19.3 Å². The molecule has 7 nitrogen and oxygen atoms in total. The van der Waals surface area contributed by atoms with E-state index in [1.165, 1.54) is 29.1 Å². The maximum absolute atomic E-state index is 14.2. The van der Waals surface area contributed by atoms with Crippen molar-refractivity contribution in [2.24, 2.45) is 5.73 Å². The number of benzene rings is 2. The lowest BCUT2D eigenvalue weighted by Gasteiger charge is -2.22. The highest BCUT2D eigenvalue weighted by molar-refractivity contribution is 5.94. The Morgan fingerprint density at radius 3 is 2.41 bits per heavy atom. The predicted octanol–water partition coefficient (Wildman–Crippen LogP) is 5.38. The molecule has 212 valence electrons. The molecule has 2 amide bonds. The second-order valence-electron chi connectivity index (χ2n) is 9.82. The van der Waals surface area contributed by atoms with Crippen LogP contribution in [0.1, 0.15) is 64.2 Å². The number of nitrogens with one attached hydrogen (secondary N) is 1. The molecule has 2 heterocycles. The number of nitrogens with zero attached hydrogens (tertiary/aromatic N) is 3. The number of nitrogens with two attached hydrogens (primary N) is 1. The second kappa shape index (κ2) is 11.5. The van der Waals surface area contributed by atoms with Gasteiger partial charge in [-0.05, 0) is 66.8 Å². The minimum absolute atomic E-state index is 0.0363. The Morgan fingerprint density at radius 1 is 1.02 bits per heavy atom. The van der Waals surface area contributed by atoms with Crippen molar-refractivity contribution in [2.45, 2.75) is 44.2 Å². The van der Waals surface area contributed by atoms with Crippen molar-refractivity contribution in [2.75, 3.05) is 0 Å². The molecule has 0 saturated heterocycles. The van der Waals surface area contributed by atoms with Gasteiger partial charge in [-0.2, -0.15) is 5.10 Å². The highest BCUT2D eigenvalue weighted by Gasteiger charge is 2.31. The summed E-state index contributed by atoms with van der Waals surface area (Å²) in [6.07, 6.45) is 0.129. The van der Waals surface area contributed by atoms with Crippen LogP contribution in [-0.2, 0) is 17.8 Å². The van der Waals surface area contributed by atoms with Crippen LogP contribution in [0.25, 0.3) is 11.1 Å². The number of carbonyl (C=O) groups is 2. The summed E-state index contributed by atoms with van der Waals surface area (Å²) in [6, 6.07) is 10.2. The molecule has 2 aromatic heterocycles. The lowest BCUT2D eigenvalue weighted by atomic mass is 9.94. The molecule has 3 N–H and O–H groups in total. The number of primary amides is 1. The number of halogens is 5. The summed E-state index contributed by atoms with van der Waals surface area (Å²) in [5.74, 6) is -4.01. The van der Waals surface area contributed by atoms with Crippen LogP contribution in [0.15, 0.2) is 60.8 Å². The van der Waals surface area contributed by atoms with Crippen LogP contribution in [0, 0.1) is 17.5 Å². The van der Waals surface area contributed by atoms with Crippen molar-refractivity contribution < 1.29 is 31.5 Å². The van der Waals surface area contributed by atoms with Gasteiger partial charge in [0, 0.05) is 29.4 Å². The molecule has 5 rings (SSSR count). The molecule has 0 radical (unpaired) electrons. The fourth-order valence-electron chi connectivity index (χ4n) is 4.77. The SMILES string of the molecule is NC(=O)c1cc(-c2cccnc2C(Cc2cc(F)cc(F)c2)NC(=O)Cn2nc(C(F)F)cc2C2CC2)ccc1F. The fraction of sp³-hybridized carbons (Fsp3) is 0.241. The van der Waals surface area contributed by atoms with E-state index >= 15 is 0 Å². The van der Waals surface area contributed by atoms with Gasteiger partial charge in [0.25, 0.3) is 12.3 Å². The third-order valence-corrected chi connectivity index (χ3v) is 6.75. The first kappa shape index (κ1) is 27.9. The minimum Gasteiger partial charge on any atom is -0.366 e. The molecule has 2 aromatic carbocycles. The van der Waals surface area contributed by atoms with Gasteiger partial charge < -0.3 is 11.1 Å². The van der Waals surface area contributed by atoms with Crippen molar-refractivity contribution in [1.29, 1.82) is 0 Å². The van der Waals surface area contributed by atoms with Gasteiger partial charge >= 0.3 is 0 Å². The molecule has 1 fully saturated rings. The van der Waals surface area contributed by atoms with E-state index in [0.717, 1.165) is 31.0 Å². The molecular weight excluding hydrogens is 545 g/mol. The van der Waals surface area contributed by atoms with E-state index in [1.54, 1.807) is 12.1 Å². The number of rotatable bonds is 10. The van der Waals surface area contributed by atoms with Crippen molar-refractivity contribution in [1.82, 2.24) is 20.1 Å². The molecule has 1 aliphatic carbocycles. The fourth-order valence-corrected chi connectivity index (χ4v) is 4.77. The molecule has 4 aromatic rings. The van der Waals surface area contributed by atoms with Gasteiger partial charge in [0.1, 0.15) is 29.7 Å². The Kier molecular flexibility index (Phi) is 7.82. The van der Waals surface area contributed by atoms with Crippen molar-refractivity contribution in [3.05, 3.63) is 106 Å². The van der Waals surface area contributed by atoms with Crippen molar-refractivity contribution >= 4 is 11.8 Å². The summed E-state index contributed by atoms with van der Waals surface area (Å²) in [4.78, 5) is 29.4. The van der Waals surface area contributed by atoms with Gasteiger partial charge in [0.2, 0.25) is 5.91 Å². The Bertz CT molecular complexity index is 1600. The lowest BCUT2D eigenvalue weighted by molar-refractivity contribution is -0.122. The highest BCUT2D eigenvalue weighted by atomic mass is 19.3. The summed E-state index contributed by atoms with van der Waals surface area (Å²) >= 11 is 0. The van der Waals surface area contributed by atoms with Crippen LogP contribution in [0.3, 0.4) is 0 Å². The molecule has 1 saturated carbocycles. The van der Waals surface area contributed by atoms with Crippen LogP contribution >= 0.6 is 0 Å². The van der Waals surface area contributed by atoms with E-state index in [4.69, 9.17) is 5.73 Å². The molecule has 0 bridgehead atoms. The summed E-state index contributed by atoms with van der Waals surface area (Å²) in [6.45, 7) is -0.378. The van der Waals surface area contributed by atoms with Gasteiger partial charge in [-0.1, -0.05) is 12.1 Å². The maximum atomic E-state index is 14.2. The zero-order chi connectivity index (χ0) is 29.3. The standard InChI is InChI=1S/C29H24F5N5O2/c30-18-8-15(9-19(31)12-18)10-23(37-26(40)14-39-25(16-3-4-16)13-24(38-39)28(33)34)27-20(2-1-7-36-27)17-5-6-22(32)21(11-17)29(35)41/h1-2,5-9,11-13,16,23,28H,3-4,10,14H2,(H2,35,41)(H,37,40). The summed E-state index contributed by atoms with van der Waals surface area (Å²) in [5.41, 5.74) is 6.27. The molecule has 0 spiro atoms. The summed E-state index contributed by atoms with van der Waals surface area (Å²) in [5, 5.41) is 6.70. The lowest BCUT2D eigenvalue weighted by Crippen LogP contribution is -2.34. The normalized spacial score (nSPS) is 13.8. The molecule has 1 aliphatic rings. The van der Waals surface area contributed by atoms with E-state index in [2.05, 4.69) is 15.4 Å². The Morgan fingerprint density at radius 2 is 1.76 bits per heavy atom. The zero-order valence-corrected chi connectivity index (χ0v) is 21.5. The number of hydrogen-bond donors (Lipinski definition) is 2. The van der Waals surface area contributed by atoms with Crippen LogP contribution in [-0.4, -0.2) is 26.6 Å². The third kappa shape index (κ3) is 6.42. The first-order chi connectivity index (χ1) is 19.6. The number of carbonyl (C=O) groups excluding carboxylic acids is 2. The Balaban J connectivity index is 1.51. The van der Waals surface area contributed by atoms with E-state index < -0.39 is 47.4 Å². The first-order valence-corrected chi connectivity index (χ1v) is 12.7. The summed E-state index contributed by atoms with van der Waals surface area (Å²) < 4.78 is 70.2. The van der Waals surface area contributed by atoms with Gasteiger partial charge in [-0.15, -0.1) is 0 Å². The Labute approximate surface area is 231 Å². The van der Waals surface area contributed by atoms with E-state index in [9.17, 15) is 31.5 Å². The van der Waals surface area contributed by atoms with Crippen LogP contribution in [0.2, 0.25) is 0 Å². The molecular formula is C29H24F5N5O2. The molecule has 1 unspecified atom stereocenters. The van der Waals surface area contributed by atoms with E-state index in [1.807, 2.05) is 0 Å². The zero-order valence-electron chi connectivity index (χ0n) is 21.5.